The Hall–Kier alpha value is -4.33. The summed E-state index contributed by atoms with van der Waals surface area (Å²) in [6.07, 6.45) is 0. The molecule has 192 valence electrons. The van der Waals surface area contributed by atoms with Crippen LogP contribution in [0.1, 0.15) is 13.8 Å². The van der Waals surface area contributed by atoms with E-state index in [-0.39, 0.29) is 0 Å². The van der Waals surface area contributed by atoms with Crippen molar-refractivity contribution in [2.75, 3.05) is 0 Å². The first kappa shape index (κ1) is 24.7. The monoisotopic (exact) mass is 530 g/mol. The first-order valence-electron chi connectivity index (χ1n) is 14.0. The molecule has 0 unspecified atom stereocenters. The molecule has 0 heterocycles. The van der Waals surface area contributed by atoms with Crippen LogP contribution in [0.3, 0.4) is 0 Å². The molecular formula is C39H30S. The Morgan fingerprint density at radius 2 is 0.825 bits per heavy atom. The van der Waals surface area contributed by atoms with Crippen molar-refractivity contribution in [3.05, 3.63) is 140 Å². The maximum atomic E-state index is 2.33. The molecule has 0 aliphatic rings. The molecule has 0 atom stereocenters. The average Bonchev–Trinajstić information content (AvgIpc) is 3.00. The van der Waals surface area contributed by atoms with Crippen molar-refractivity contribution >= 4 is 44.1 Å². The van der Waals surface area contributed by atoms with Gasteiger partial charge in [0.2, 0.25) is 0 Å². The predicted octanol–water partition coefficient (Wildman–Crippen LogP) is 11.6. The Kier molecular flexibility index (Phi) is 6.38. The molecule has 0 saturated heterocycles. The van der Waals surface area contributed by atoms with Crippen LogP contribution in [0, 0.1) is 0 Å². The lowest BCUT2D eigenvalue weighted by Gasteiger charge is -2.20. The third-order valence-electron chi connectivity index (χ3n) is 7.72. The molecule has 0 aliphatic heterocycles. The van der Waals surface area contributed by atoms with Crippen molar-refractivity contribution in [2.24, 2.45) is 0 Å². The van der Waals surface area contributed by atoms with E-state index in [0.717, 1.165) is 0 Å². The summed E-state index contributed by atoms with van der Waals surface area (Å²) in [4.78, 5) is 1.31. The molecule has 0 nitrogen and oxygen atoms in total. The van der Waals surface area contributed by atoms with Gasteiger partial charge in [-0.2, -0.15) is 0 Å². The molecule has 0 radical (unpaired) electrons. The smallest absolute Gasteiger partial charge is 0.00749 e. The van der Waals surface area contributed by atoms with E-state index in [2.05, 4.69) is 153 Å². The minimum atomic E-state index is 0.565. The summed E-state index contributed by atoms with van der Waals surface area (Å²) < 4.78 is 0. The summed E-state index contributed by atoms with van der Waals surface area (Å²) in [6, 6.07) is 51.2. The quantitative estimate of drug-likeness (QED) is 0.157. The fourth-order valence-electron chi connectivity index (χ4n) is 6.09. The van der Waals surface area contributed by atoms with Crippen molar-refractivity contribution in [3.63, 3.8) is 0 Å². The van der Waals surface area contributed by atoms with Gasteiger partial charge in [0.15, 0.2) is 0 Å². The highest BCUT2D eigenvalue weighted by Crippen LogP contribution is 2.46. The normalized spacial score (nSPS) is 11.6. The van der Waals surface area contributed by atoms with Gasteiger partial charge in [-0.15, -0.1) is 11.8 Å². The molecule has 0 aliphatic carbocycles. The second-order valence-electron chi connectivity index (χ2n) is 10.6. The van der Waals surface area contributed by atoms with Crippen molar-refractivity contribution in [3.8, 4) is 33.4 Å². The van der Waals surface area contributed by atoms with Crippen LogP contribution in [0.5, 0.6) is 0 Å². The highest BCUT2D eigenvalue weighted by Gasteiger charge is 2.18. The Morgan fingerprint density at radius 3 is 1.38 bits per heavy atom. The lowest BCUT2D eigenvalue weighted by atomic mass is 9.84. The topological polar surface area (TPSA) is 0 Å². The first-order valence-corrected chi connectivity index (χ1v) is 14.8. The summed E-state index contributed by atoms with van der Waals surface area (Å²) in [5.74, 6) is 0. The summed E-state index contributed by atoms with van der Waals surface area (Å²) in [6.45, 7) is 4.49. The lowest BCUT2D eigenvalue weighted by molar-refractivity contribution is 1.11. The standard InChI is InChI=1S/C39H30S/c1-26(2)40-29-22-20-28(21-23-29)38-33-16-8-10-18-35(33)39(36-19-11-9-17-34(36)38)37-25-24-30(27-12-4-3-5-13-27)31-14-6-7-15-32(31)37/h3-26H,1-2H3. The summed E-state index contributed by atoms with van der Waals surface area (Å²) >= 11 is 1.91. The molecule has 0 N–H and O–H groups in total. The van der Waals surface area contributed by atoms with E-state index in [1.807, 2.05) is 11.8 Å². The van der Waals surface area contributed by atoms with Crippen LogP contribution >= 0.6 is 11.8 Å². The van der Waals surface area contributed by atoms with E-state index < -0.39 is 0 Å². The zero-order chi connectivity index (χ0) is 27.1. The van der Waals surface area contributed by atoms with Gasteiger partial charge in [0, 0.05) is 10.1 Å². The number of hydrogen-bond acceptors (Lipinski definition) is 1. The van der Waals surface area contributed by atoms with Crippen molar-refractivity contribution in [1.29, 1.82) is 0 Å². The van der Waals surface area contributed by atoms with Gasteiger partial charge in [-0.25, -0.2) is 0 Å². The van der Waals surface area contributed by atoms with E-state index in [1.54, 1.807) is 0 Å². The summed E-state index contributed by atoms with van der Waals surface area (Å²) in [7, 11) is 0. The van der Waals surface area contributed by atoms with Crippen LogP contribution < -0.4 is 0 Å². The van der Waals surface area contributed by atoms with Crippen molar-refractivity contribution in [2.45, 2.75) is 24.0 Å². The van der Waals surface area contributed by atoms with Crippen LogP contribution in [0.2, 0.25) is 0 Å². The zero-order valence-electron chi connectivity index (χ0n) is 22.8. The maximum absolute atomic E-state index is 2.33. The van der Waals surface area contributed by atoms with Crippen LogP contribution in [0.25, 0.3) is 65.7 Å². The fraction of sp³-hybridized carbons (Fsp3) is 0.0769. The van der Waals surface area contributed by atoms with Crippen LogP contribution in [-0.2, 0) is 0 Å². The summed E-state index contributed by atoms with van der Waals surface area (Å²) in [5.41, 5.74) is 7.66. The number of hydrogen-bond donors (Lipinski definition) is 0. The number of rotatable bonds is 5. The molecule has 7 aromatic rings. The molecule has 1 heteroatoms. The largest absolute Gasteiger partial charge is 0.123 e. The van der Waals surface area contributed by atoms with Crippen molar-refractivity contribution < 1.29 is 0 Å². The minimum absolute atomic E-state index is 0.565. The van der Waals surface area contributed by atoms with E-state index in [1.165, 1.54) is 70.6 Å². The molecule has 0 fully saturated rings. The molecule has 0 spiro atoms. The molecular weight excluding hydrogens is 500 g/mol. The maximum Gasteiger partial charge on any atom is 0.00749 e. The number of thioether (sulfide) groups is 1. The predicted molar refractivity (Wildman–Crippen MR) is 176 cm³/mol. The number of benzene rings is 7. The lowest BCUT2D eigenvalue weighted by Crippen LogP contribution is -1.92. The third-order valence-corrected chi connectivity index (χ3v) is 8.74. The average molecular weight is 531 g/mol. The summed E-state index contributed by atoms with van der Waals surface area (Å²) in [5, 5.41) is 8.27. The first-order chi connectivity index (χ1) is 19.7. The highest BCUT2D eigenvalue weighted by atomic mass is 32.2. The molecule has 7 rings (SSSR count). The Morgan fingerprint density at radius 1 is 0.375 bits per heavy atom. The Bertz CT molecular complexity index is 1930. The van der Waals surface area contributed by atoms with Gasteiger partial charge in [-0.1, -0.05) is 141 Å². The van der Waals surface area contributed by atoms with E-state index >= 15 is 0 Å². The minimum Gasteiger partial charge on any atom is -0.123 e. The van der Waals surface area contributed by atoms with E-state index in [4.69, 9.17) is 0 Å². The Labute approximate surface area is 240 Å². The second-order valence-corrected chi connectivity index (χ2v) is 12.3. The van der Waals surface area contributed by atoms with Crippen LogP contribution in [-0.4, -0.2) is 5.25 Å². The van der Waals surface area contributed by atoms with Gasteiger partial charge in [0.1, 0.15) is 0 Å². The van der Waals surface area contributed by atoms with E-state index in [9.17, 15) is 0 Å². The van der Waals surface area contributed by atoms with Gasteiger partial charge in [0.25, 0.3) is 0 Å². The third kappa shape index (κ3) is 4.28. The Balaban J connectivity index is 1.53. The van der Waals surface area contributed by atoms with Gasteiger partial charge in [0.05, 0.1) is 0 Å². The number of fused-ring (bicyclic) bond motifs is 3. The molecule has 40 heavy (non-hydrogen) atoms. The zero-order valence-corrected chi connectivity index (χ0v) is 23.6. The highest BCUT2D eigenvalue weighted by molar-refractivity contribution is 7.99. The van der Waals surface area contributed by atoms with Gasteiger partial charge in [-0.3, -0.25) is 0 Å². The van der Waals surface area contributed by atoms with Crippen LogP contribution in [0.4, 0.5) is 0 Å². The fourth-order valence-corrected chi connectivity index (χ4v) is 6.93. The van der Waals surface area contributed by atoms with E-state index in [0.29, 0.717) is 5.25 Å². The molecule has 0 bridgehead atoms. The van der Waals surface area contributed by atoms with Crippen LogP contribution in [0.15, 0.2) is 144 Å². The van der Waals surface area contributed by atoms with Gasteiger partial charge >= 0.3 is 0 Å². The molecule has 0 amide bonds. The molecule has 0 aromatic heterocycles. The molecule has 0 saturated carbocycles. The van der Waals surface area contributed by atoms with Gasteiger partial charge < -0.3 is 0 Å². The van der Waals surface area contributed by atoms with Gasteiger partial charge in [-0.05, 0) is 77.8 Å². The van der Waals surface area contributed by atoms with Crippen molar-refractivity contribution in [1.82, 2.24) is 0 Å². The second kappa shape index (κ2) is 10.3. The molecule has 7 aromatic carbocycles. The SMILES string of the molecule is CC(C)Sc1ccc(-c2c3ccccc3c(-c3ccc(-c4ccccc4)c4ccccc34)c3ccccc23)cc1.